The number of rotatable bonds is 3. The normalized spacial score (nSPS) is 25.8. The lowest BCUT2D eigenvalue weighted by Crippen LogP contribution is -3.29. The lowest BCUT2D eigenvalue weighted by Gasteiger charge is -2.34. The van der Waals surface area contributed by atoms with Gasteiger partial charge in [-0.15, -0.1) is 0 Å². The predicted molar refractivity (Wildman–Crippen MR) is 113 cm³/mol. The van der Waals surface area contributed by atoms with Gasteiger partial charge in [0.05, 0.1) is 30.9 Å². The maximum absolute atomic E-state index is 13.4. The fraction of sp³-hybridized carbons (Fsp3) is 0.409. The molecule has 3 heterocycles. The first kappa shape index (κ1) is 18.5. The van der Waals surface area contributed by atoms with Gasteiger partial charge in [-0.25, -0.2) is 0 Å². The molecule has 4 nitrogen and oxygen atoms in total. The molecule has 0 aliphatic carbocycles. The van der Waals surface area contributed by atoms with Gasteiger partial charge in [-0.3, -0.25) is 9.69 Å². The summed E-state index contributed by atoms with van der Waals surface area (Å²) in [5.41, 5.74) is 1.90. The van der Waals surface area contributed by atoms with Crippen LogP contribution in [0.4, 0.5) is 11.4 Å². The third kappa shape index (κ3) is 3.45. The Kier molecular flexibility index (Phi) is 5.09. The van der Waals surface area contributed by atoms with E-state index in [1.165, 1.54) is 39.0 Å². The first-order valence-corrected chi connectivity index (χ1v) is 11.5. The highest BCUT2D eigenvalue weighted by Gasteiger charge is 2.37. The predicted octanol–water partition coefficient (Wildman–Crippen LogP) is 1.81. The van der Waals surface area contributed by atoms with Crippen molar-refractivity contribution in [1.82, 2.24) is 0 Å². The van der Waals surface area contributed by atoms with Crippen LogP contribution in [-0.4, -0.2) is 44.7 Å². The number of hydrogen-bond donors (Lipinski definition) is 2. The van der Waals surface area contributed by atoms with Crippen LogP contribution in [0.2, 0.25) is 5.02 Å². The Hall–Kier alpha value is -1.53. The number of hydrogen-bond acceptors (Lipinski definition) is 2. The highest BCUT2D eigenvalue weighted by atomic mass is 35.5. The van der Waals surface area contributed by atoms with Crippen LogP contribution in [0.25, 0.3) is 0 Å². The summed E-state index contributed by atoms with van der Waals surface area (Å²) in [7, 11) is 0. The van der Waals surface area contributed by atoms with E-state index in [2.05, 4.69) is 6.07 Å². The second-order valence-electron chi connectivity index (χ2n) is 8.11. The molecular formula is C22H26ClN3OS+2. The van der Waals surface area contributed by atoms with Crippen molar-refractivity contribution in [3.05, 3.63) is 47.5 Å². The van der Waals surface area contributed by atoms with Crippen LogP contribution in [0.3, 0.4) is 0 Å². The molecule has 2 saturated heterocycles. The van der Waals surface area contributed by atoms with E-state index in [9.17, 15) is 4.79 Å². The van der Waals surface area contributed by atoms with E-state index in [4.69, 9.17) is 11.6 Å². The Morgan fingerprint density at radius 3 is 2.89 bits per heavy atom. The first-order valence-electron chi connectivity index (χ1n) is 10.3. The number of piperazine rings is 1. The van der Waals surface area contributed by atoms with Crippen molar-refractivity contribution in [2.45, 2.75) is 35.1 Å². The minimum Gasteiger partial charge on any atom is -0.325 e. The van der Waals surface area contributed by atoms with Gasteiger partial charge < -0.3 is 9.80 Å². The second-order valence-corrected chi connectivity index (χ2v) is 9.63. The lowest BCUT2D eigenvalue weighted by molar-refractivity contribution is -1.02. The number of para-hydroxylation sites is 1. The van der Waals surface area contributed by atoms with E-state index < -0.39 is 0 Å². The smallest absolute Gasteiger partial charge is 0.237 e. The zero-order chi connectivity index (χ0) is 19.1. The van der Waals surface area contributed by atoms with E-state index in [0.29, 0.717) is 11.4 Å². The maximum Gasteiger partial charge on any atom is 0.237 e. The minimum absolute atomic E-state index is 0.171. The molecule has 0 radical (unpaired) electrons. The standard InChI is InChI=1S/C22H24ClN3OS/c23-16-7-8-21-19(14-16)26(18-5-1-2-6-20(18)28-21)22(27)9-11-24-12-13-25-10-3-4-17(25)15-24/h1-2,5-8,14,17H,3-4,9-13,15H2/p+2. The van der Waals surface area contributed by atoms with Crippen LogP contribution < -0.4 is 14.7 Å². The third-order valence-corrected chi connectivity index (χ3v) is 7.76. The quantitative estimate of drug-likeness (QED) is 0.800. The van der Waals surface area contributed by atoms with Crippen LogP contribution in [-0.2, 0) is 4.79 Å². The van der Waals surface area contributed by atoms with Gasteiger partial charge in [0.1, 0.15) is 25.7 Å². The van der Waals surface area contributed by atoms with Crippen LogP contribution >= 0.6 is 23.4 Å². The molecule has 2 aromatic rings. The number of halogens is 1. The van der Waals surface area contributed by atoms with Gasteiger partial charge in [-0.2, -0.15) is 0 Å². The molecule has 6 heteroatoms. The second kappa shape index (κ2) is 7.71. The molecule has 2 fully saturated rings. The first-order chi connectivity index (χ1) is 13.7. The summed E-state index contributed by atoms with van der Waals surface area (Å²) in [6.45, 7) is 5.93. The SMILES string of the molecule is O=C(CC[NH+]1CC[NH+]2CCCC2C1)N1c2ccccc2Sc2ccc(Cl)cc21. The molecule has 0 spiro atoms. The summed E-state index contributed by atoms with van der Waals surface area (Å²) in [6, 6.07) is 14.8. The molecule has 2 aromatic carbocycles. The van der Waals surface area contributed by atoms with Crippen LogP contribution in [0.1, 0.15) is 19.3 Å². The Bertz CT molecular complexity index is 905. The van der Waals surface area contributed by atoms with Crippen molar-refractivity contribution in [3.8, 4) is 0 Å². The number of benzene rings is 2. The topological polar surface area (TPSA) is 29.2 Å². The molecule has 0 aromatic heterocycles. The summed E-state index contributed by atoms with van der Waals surface area (Å²) in [5, 5.41) is 0.669. The average molecular weight is 416 g/mol. The van der Waals surface area contributed by atoms with Crippen molar-refractivity contribution < 1.29 is 14.6 Å². The van der Waals surface area contributed by atoms with Gasteiger partial charge in [0.15, 0.2) is 0 Å². The van der Waals surface area contributed by atoms with Crippen LogP contribution in [0.15, 0.2) is 52.3 Å². The van der Waals surface area contributed by atoms with Crippen molar-refractivity contribution >= 4 is 40.6 Å². The fourth-order valence-corrected chi connectivity index (χ4v) is 6.17. The van der Waals surface area contributed by atoms with E-state index in [1.54, 1.807) is 21.6 Å². The summed E-state index contributed by atoms with van der Waals surface area (Å²) in [6.07, 6.45) is 3.30. The number of carbonyl (C=O) groups excluding carboxylic acids is 1. The van der Waals surface area contributed by atoms with E-state index in [-0.39, 0.29) is 5.91 Å². The molecule has 5 rings (SSSR count). The molecule has 146 valence electrons. The van der Waals surface area contributed by atoms with E-state index >= 15 is 0 Å². The average Bonchev–Trinajstić information content (AvgIpc) is 3.18. The lowest BCUT2D eigenvalue weighted by atomic mass is 10.1. The Morgan fingerprint density at radius 2 is 1.96 bits per heavy atom. The molecule has 28 heavy (non-hydrogen) atoms. The van der Waals surface area contributed by atoms with Crippen LogP contribution in [0, 0.1) is 0 Å². The van der Waals surface area contributed by atoms with Gasteiger partial charge >= 0.3 is 0 Å². The van der Waals surface area contributed by atoms with Crippen molar-refractivity contribution in [2.24, 2.45) is 0 Å². The largest absolute Gasteiger partial charge is 0.325 e. The van der Waals surface area contributed by atoms with Gasteiger partial charge in [0, 0.05) is 27.7 Å². The number of amides is 1. The van der Waals surface area contributed by atoms with E-state index in [0.717, 1.165) is 33.8 Å². The zero-order valence-corrected chi connectivity index (χ0v) is 17.5. The fourth-order valence-electron chi connectivity index (χ4n) is 4.97. The van der Waals surface area contributed by atoms with Crippen molar-refractivity contribution in [3.63, 3.8) is 0 Å². The summed E-state index contributed by atoms with van der Waals surface area (Å²) in [5.74, 6) is 0.171. The number of quaternary nitrogens is 2. The highest BCUT2D eigenvalue weighted by molar-refractivity contribution is 7.99. The molecule has 2 N–H and O–H groups in total. The highest BCUT2D eigenvalue weighted by Crippen LogP contribution is 2.48. The molecule has 3 aliphatic rings. The van der Waals surface area contributed by atoms with Gasteiger partial charge in [0.25, 0.3) is 0 Å². The monoisotopic (exact) mass is 415 g/mol. The summed E-state index contributed by atoms with van der Waals surface area (Å²) < 4.78 is 0. The minimum atomic E-state index is 0.171. The summed E-state index contributed by atoms with van der Waals surface area (Å²) >= 11 is 7.98. The maximum atomic E-state index is 13.4. The Balaban J connectivity index is 1.35. The third-order valence-electron chi connectivity index (χ3n) is 6.39. The molecule has 3 unspecified atom stereocenters. The van der Waals surface area contributed by atoms with E-state index in [1.807, 2.05) is 41.3 Å². The van der Waals surface area contributed by atoms with Crippen molar-refractivity contribution in [1.29, 1.82) is 0 Å². The molecular weight excluding hydrogens is 390 g/mol. The van der Waals surface area contributed by atoms with Gasteiger partial charge in [-0.1, -0.05) is 35.5 Å². The number of carbonyl (C=O) groups is 1. The van der Waals surface area contributed by atoms with Gasteiger partial charge in [-0.05, 0) is 30.3 Å². The number of fused-ring (bicyclic) bond motifs is 3. The molecule has 1 amide bonds. The zero-order valence-electron chi connectivity index (χ0n) is 15.9. The number of anilines is 2. The number of nitrogens with one attached hydrogen (secondary N) is 2. The van der Waals surface area contributed by atoms with Crippen LogP contribution in [0.5, 0.6) is 0 Å². The summed E-state index contributed by atoms with van der Waals surface area (Å²) in [4.78, 5) is 20.9. The Labute approximate surface area is 175 Å². The molecule has 0 bridgehead atoms. The Morgan fingerprint density at radius 1 is 1.11 bits per heavy atom. The molecule has 3 atom stereocenters. The van der Waals surface area contributed by atoms with Gasteiger partial charge in [0.2, 0.25) is 5.91 Å². The van der Waals surface area contributed by atoms with Crippen molar-refractivity contribution in [2.75, 3.05) is 37.6 Å². The number of nitrogens with zero attached hydrogens (tertiary/aromatic N) is 1. The molecule has 0 saturated carbocycles. The molecule has 3 aliphatic heterocycles.